The summed E-state index contributed by atoms with van der Waals surface area (Å²) in [4.78, 5) is 42.3. The predicted octanol–water partition coefficient (Wildman–Crippen LogP) is 1.83. The van der Waals surface area contributed by atoms with Gasteiger partial charge in [-0.3, -0.25) is 14.5 Å². The van der Waals surface area contributed by atoms with Gasteiger partial charge in [0, 0.05) is 24.7 Å². The molecule has 0 saturated carbocycles. The molecule has 1 aromatic rings. The maximum atomic E-state index is 12.8. The smallest absolute Gasteiger partial charge is 0.332 e. The van der Waals surface area contributed by atoms with Crippen LogP contribution in [-0.2, 0) is 9.59 Å². The molecule has 0 aliphatic carbocycles. The van der Waals surface area contributed by atoms with Crippen molar-refractivity contribution in [3.05, 3.63) is 30.3 Å². The van der Waals surface area contributed by atoms with E-state index in [2.05, 4.69) is 10.2 Å². The summed E-state index contributed by atoms with van der Waals surface area (Å²) in [6, 6.07) is 8.84. The number of anilines is 1. The maximum absolute atomic E-state index is 12.8. The predicted molar refractivity (Wildman–Crippen MR) is 103 cm³/mol. The Balaban J connectivity index is 1.55. The van der Waals surface area contributed by atoms with Crippen LogP contribution in [0.25, 0.3) is 0 Å². The number of nitrogens with one attached hydrogen (secondary N) is 1. The van der Waals surface area contributed by atoms with Gasteiger partial charge in [-0.1, -0.05) is 18.2 Å². The summed E-state index contributed by atoms with van der Waals surface area (Å²) < 4.78 is 0. The number of para-hydroxylation sites is 1. The lowest BCUT2D eigenvalue weighted by Crippen LogP contribution is -2.50. The Morgan fingerprint density at radius 2 is 1.74 bits per heavy atom. The number of imide groups is 1. The van der Waals surface area contributed by atoms with Crippen LogP contribution >= 0.6 is 0 Å². The van der Waals surface area contributed by atoms with Gasteiger partial charge in [0.2, 0.25) is 5.91 Å². The van der Waals surface area contributed by atoms with Crippen LogP contribution in [-0.4, -0.2) is 65.4 Å². The minimum atomic E-state index is -0.241. The first kappa shape index (κ1) is 19.4. The average molecular weight is 372 g/mol. The summed E-state index contributed by atoms with van der Waals surface area (Å²) in [5.41, 5.74) is 0.379. The number of urea groups is 1. The van der Waals surface area contributed by atoms with E-state index in [-0.39, 0.29) is 36.0 Å². The van der Waals surface area contributed by atoms with Gasteiger partial charge in [-0.05, 0) is 45.7 Å². The number of piperidine rings is 1. The third kappa shape index (κ3) is 4.66. The molecule has 0 atom stereocenters. The summed E-state index contributed by atoms with van der Waals surface area (Å²) in [6.45, 7) is 7.87. The highest BCUT2D eigenvalue weighted by Crippen LogP contribution is 2.26. The normalized spacial score (nSPS) is 19.7. The van der Waals surface area contributed by atoms with Crippen LogP contribution in [0.1, 0.15) is 33.6 Å². The van der Waals surface area contributed by atoms with Crippen molar-refractivity contribution in [3.63, 3.8) is 0 Å². The van der Waals surface area contributed by atoms with Crippen LogP contribution in [0.15, 0.2) is 30.3 Å². The molecule has 146 valence electrons. The molecule has 0 bridgehead atoms. The monoisotopic (exact) mass is 372 g/mol. The van der Waals surface area contributed by atoms with Crippen molar-refractivity contribution in [3.8, 4) is 0 Å². The van der Waals surface area contributed by atoms with Gasteiger partial charge in [0.1, 0.15) is 6.54 Å². The molecule has 0 aromatic heterocycles. The van der Waals surface area contributed by atoms with Crippen LogP contribution in [0.2, 0.25) is 0 Å². The Bertz CT molecular complexity index is 706. The molecule has 1 N–H and O–H groups in total. The van der Waals surface area contributed by atoms with E-state index in [0.29, 0.717) is 12.2 Å². The standard InChI is InChI=1S/C20H28N4O3/c1-20(2,3)21-17(25)13-22-11-9-15(10-12-22)23-14-18(26)24(19(23)27)16-7-5-4-6-8-16/h4-8,15H,9-14H2,1-3H3,(H,21,25). The van der Waals surface area contributed by atoms with Gasteiger partial charge in [0.25, 0.3) is 5.91 Å². The summed E-state index contributed by atoms with van der Waals surface area (Å²) in [6.07, 6.45) is 1.54. The molecular formula is C20H28N4O3. The van der Waals surface area contributed by atoms with Gasteiger partial charge in [0.15, 0.2) is 0 Å². The van der Waals surface area contributed by atoms with Gasteiger partial charge in [-0.15, -0.1) is 0 Å². The topological polar surface area (TPSA) is 73.0 Å². The first-order valence-electron chi connectivity index (χ1n) is 9.46. The lowest BCUT2D eigenvalue weighted by atomic mass is 10.0. The second-order valence-electron chi connectivity index (χ2n) is 8.28. The van der Waals surface area contributed by atoms with Crippen molar-refractivity contribution in [2.45, 2.75) is 45.2 Å². The van der Waals surface area contributed by atoms with Crippen molar-refractivity contribution in [2.75, 3.05) is 31.1 Å². The van der Waals surface area contributed by atoms with Crippen molar-refractivity contribution in [1.82, 2.24) is 15.1 Å². The van der Waals surface area contributed by atoms with Crippen molar-refractivity contribution in [1.29, 1.82) is 0 Å². The number of hydrogen-bond acceptors (Lipinski definition) is 4. The number of rotatable bonds is 4. The van der Waals surface area contributed by atoms with Crippen molar-refractivity contribution < 1.29 is 14.4 Å². The number of carbonyl (C=O) groups is 3. The first-order valence-corrected chi connectivity index (χ1v) is 9.46. The van der Waals surface area contributed by atoms with Crippen LogP contribution in [0.5, 0.6) is 0 Å². The van der Waals surface area contributed by atoms with Gasteiger partial charge in [-0.2, -0.15) is 0 Å². The molecular weight excluding hydrogens is 344 g/mol. The van der Waals surface area contributed by atoms with E-state index in [0.717, 1.165) is 25.9 Å². The highest BCUT2D eigenvalue weighted by Gasteiger charge is 2.41. The van der Waals surface area contributed by atoms with E-state index < -0.39 is 0 Å². The lowest BCUT2D eigenvalue weighted by Gasteiger charge is -2.36. The first-order chi connectivity index (χ1) is 12.7. The molecule has 1 aromatic carbocycles. The molecule has 0 unspecified atom stereocenters. The molecule has 7 nitrogen and oxygen atoms in total. The van der Waals surface area contributed by atoms with Gasteiger partial charge in [-0.25, -0.2) is 9.69 Å². The second-order valence-corrected chi connectivity index (χ2v) is 8.28. The van der Waals surface area contributed by atoms with E-state index in [1.165, 1.54) is 4.90 Å². The molecule has 2 aliphatic rings. The van der Waals surface area contributed by atoms with Crippen LogP contribution < -0.4 is 10.2 Å². The molecule has 2 heterocycles. The second kappa shape index (κ2) is 7.68. The molecule has 0 radical (unpaired) electrons. The minimum Gasteiger partial charge on any atom is -0.350 e. The number of nitrogens with zero attached hydrogens (tertiary/aromatic N) is 3. The van der Waals surface area contributed by atoms with Crippen molar-refractivity contribution in [2.24, 2.45) is 0 Å². The summed E-state index contributed by atoms with van der Waals surface area (Å²) in [5, 5.41) is 2.97. The largest absolute Gasteiger partial charge is 0.350 e. The van der Waals surface area contributed by atoms with Gasteiger partial charge < -0.3 is 10.2 Å². The quantitative estimate of drug-likeness (QED) is 0.819. The fourth-order valence-corrected chi connectivity index (χ4v) is 3.69. The van der Waals surface area contributed by atoms with Crippen LogP contribution in [0, 0.1) is 0 Å². The highest BCUT2D eigenvalue weighted by molar-refractivity contribution is 6.19. The van der Waals surface area contributed by atoms with E-state index in [4.69, 9.17) is 0 Å². The highest BCUT2D eigenvalue weighted by atomic mass is 16.2. The summed E-state index contributed by atoms with van der Waals surface area (Å²) in [7, 11) is 0. The van der Waals surface area contributed by atoms with E-state index >= 15 is 0 Å². The Morgan fingerprint density at radius 3 is 2.33 bits per heavy atom. The van der Waals surface area contributed by atoms with Crippen molar-refractivity contribution >= 4 is 23.5 Å². The third-order valence-electron chi connectivity index (χ3n) is 4.89. The van der Waals surface area contributed by atoms with Crippen LogP contribution in [0.4, 0.5) is 10.5 Å². The number of carbonyl (C=O) groups excluding carboxylic acids is 3. The third-order valence-corrected chi connectivity index (χ3v) is 4.89. The molecule has 2 saturated heterocycles. The molecule has 2 fully saturated rings. The fraction of sp³-hybridized carbons (Fsp3) is 0.550. The molecule has 0 spiro atoms. The van der Waals surface area contributed by atoms with Crippen LogP contribution in [0.3, 0.4) is 0 Å². The minimum absolute atomic E-state index is 0.0172. The van der Waals surface area contributed by atoms with Gasteiger partial charge in [0.05, 0.1) is 12.2 Å². The Kier molecular flexibility index (Phi) is 5.51. The average Bonchev–Trinajstić information content (AvgIpc) is 2.89. The lowest BCUT2D eigenvalue weighted by molar-refractivity contribution is -0.124. The number of amides is 4. The Hall–Kier alpha value is -2.41. The zero-order valence-corrected chi connectivity index (χ0v) is 16.3. The zero-order chi connectivity index (χ0) is 19.6. The maximum Gasteiger partial charge on any atom is 0.332 e. The molecule has 2 aliphatic heterocycles. The summed E-state index contributed by atoms with van der Waals surface area (Å²) >= 11 is 0. The molecule has 3 rings (SSSR count). The fourth-order valence-electron chi connectivity index (χ4n) is 3.69. The van der Waals surface area contributed by atoms with E-state index in [1.807, 2.05) is 39.0 Å². The number of likely N-dealkylation sites (tertiary alicyclic amines) is 1. The molecule has 4 amide bonds. The van der Waals surface area contributed by atoms with E-state index in [1.54, 1.807) is 17.0 Å². The molecule has 27 heavy (non-hydrogen) atoms. The zero-order valence-electron chi connectivity index (χ0n) is 16.3. The SMILES string of the molecule is CC(C)(C)NC(=O)CN1CCC(N2CC(=O)N(c3ccccc3)C2=O)CC1. The Labute approximate surface area is 160 Å². The van der Waals surface area contributed by atoms with Gasteiger partial charge >= 0.3 is 6.03 Å². The van der Waals surface area contributed by atoms with E-state index in [9.17, 15) is 14.4 Å². The Morgan fingerprint density at radius 1 is 1.11 bits per heavy atom. The molecule has 7 heteroatoms. The number of hydrogen-bond donors (Lipinski definition) is 1. The number of benzene rings is 1. The summed E-state index contributed by atoms with van der Waals surface area (Å²) in [5.74, 6) is -0.165.